The quantitative estimate of drug-likeness (QED) is 0.663. The number of H-pyrrole nitrogens is 1. The third-order valence-corrected chi connectivity index (χ3v) is 2.50. The van der Waals surface area contributed by atoms with Crippen LogP contribution < -0.4 is 5.56 Å². The van der Waals surface area contributed by atoms with Crippen molar-refractivity contribution < 1.29 is 4.52 Å². The van der Waals surface area contributed by atoms with Crippen molar-refractivity contribution in [3.05, 3.63) is 28.5 Å². The summed E-state index contributed by atoms with van der Waals surface area (Å²) < 4.78 is 6.53. The Labute approximate surface area is 95.1 Å². The molecule has 0 atom stereocenters. The molecule has 0 unspecified atom stereocenters. The topological polar surface area (TPSA) is 89.6 Å². The Bertz CT molecular complexity index is 751. The molecule has 0 aliphatic heterocycles. The molecule has 3 aromatic rings. The van der Waals surface area contributed by atoms with Gasteiger partial charge in [-0.1, -0.05) is 5.16 Å². The van der Waals surface area contributed by atoms with Crippen LogP contribution in [0.3, 0.4) is 0 Å². The summed E-state index contributed by atoms with van der Waals surface area (Å²) in [6, 6.07) is 1.73. The molecule has 7 heteroatoms. The van der Waals surface area contributed by atoms with Gasteiger partial charge in [0.15, 0.2) is 5.65 Å². The SMILES string of the molecule is Cc1cc(-c2nn(C)c3nc[nH]c(=O)c23)no1. The Morgan fingerprint density at radius 3 is 3.00 bits per heavy atom. The first-order valence-corrected chi connectivity index (χ1v) is 5.01. The summed E-state index contributed by atoms with van der Waals surface area (Å²) in [6.07, 6.45) is 1.35. The van der Waals surface area contributed by atoms with Crippen molar-refractivity contribution >= 4 is 11.0 Å². The van der Waals surface area contributed by atoms with E-state index in [1.54, 1.807) is 24.7 Å². The third kappa shape index (κ3) is 1.36. The molecule has 0 amide bonds. The molecule has 0 fully saturated rings. The molecule has 0 radical (unpaired) electrons. The average Bonchev–Trinajstić information content (AvgIpc) is 2.85. The lowest BCUT2D eigenvalue weighted by Crippen LogP contribution is -2.06. The maximum atomic E-state index is 11.8. The highest BCUT2D eigenvalue weighted by atomic mass is 16.5. The van der Waals surface area contributed by atoms with E-state index in [0.29, 0.717) is 28.2 Å². The summed E-state index contributed by atoms with van der Waals surface area (Å²) in [5, 5.41) is 8.52. The molecule has 3 aromatic heterocycles. The minimum Gasteiger partial charge on any atom is -0.361 e. The number of fused-ring (bicyclic) bond motifs is 1. The molecular weight excluding hydrogens is 222 g/mol. The molecule has 3 heterocycles. The van der Waals surface area contributed by atoms with Crippen LogP contribution in [0.4, 0.5) is 0 Å². The van der Waals surface area contributed by atoms with E-state index in [-0.39, 0.29) is 5.56 Å². The van der Waals surface area contributed by atoms with E-state index >= 15 is 0 Å². The predicted molar refractivity (Wildman–Crippen MR) is 59.4 cm³/mol. The molecule has 1 N–H and O–H groups in total. The minimum absolute atomic E-state index is 0.237. The van der Waals surface area contributed by atoms with Crippen molar-refractivity contribution in [1.82, 2.24) is 24.9 Å². The van der Waals surface area contributed by atoms with Gasteiger partial charge in [-0.05, 0) is 6.92 Å². The highest BCUT2D eigenvalue weighted by molar-refractivity contribution is 5.89. The first kappa shape index (κ1) is 9.76. The van der Waals surface area contributed by atoms with Crippen molar-refractivity contribution in [3.63, 3.8) is 0 Å². The summed E-state index contributed by atoms with van der Waals surface area (Å²) in [5.74, 6) is 0.666. The number of hydrogen-bond donors (Lipinski definition) is 1. The van der Waals surface area contributed by atoms with Gasteiger partial charge in [-0.25, -0.2) is 9.67 Å². The van der Waals surface area contributed by atoms with Gasteiger partial charge in [-0.3, -0.25) is 4.79 Å². The van der Waals surface area contributed by atoms with Crippen LogP contribution in [0.1, 0.15) is 5.76 Å². The smallest absolute Gasteiger partial charge is 0.262 e. The molecular formula is C10H9N5O2. The molecule has 0 saturated carbocycles. The molecule has 3 rings (SSSR count). The van der Waals surface area contributed by atoms with E-state index in [2.05, 4.69) is 20.2 Å². The van der Waals surface area contributed by atoms with Crippen LogP contribution in [0, 0.1) is 6.92 Å². The fraction of sp³-hybridized carbons (Fsp3) is 0.200. The molecule has 0 saturated heterocycles. The van der Waals surface area contributed by atoms with Crippen molar-refractivity contribution in [1.29, 1.82) is 0 Å². The van der Waals surface area contributed by atoms with Gasteiger partial charge < -0.3 is 9.51 Å². The molecule has 0 aromatic carbocycles. The van der Waals surface area contributed by atoms with Crippen LogP contribution in [-0.2, 0) is 7.05 Å². The number of hydrogen-bond acceptors (Lipinski definition) is 5. The zero-order valence-corrected chi connectivity index (χ0v) is 9.26. The number of nitrogens with zero attached hydrogens (tertiary/aromatic N) is 4. The standard InChI is InChI=1S/C10H9N5O2/c1-5-3-6(14-17-5)8-7-9(15(2)13-8)11-4-12-10(7)16/h3-4H,1-2H3,(H,11,12,16). The molecule has 17 heavy (non-hydrogen) atoms. The van der Waals surface area contributed by atoms with Gasteiger partial charge in [0.05, 0.1) is 6.33 Å². The number of aromatic amines is 1. The first-order chi connectivity index (χ1) is 8.16. The van der Waals surface area contributed by atoms with Crippen LogP contribution >= 0.6 is 0 Å². The van der Waals surface area contributed by atoms with Crippen LogP contribution in [0.5, 0.6) is 0 Å². The lowest BCUT2D eigenvalue weighted by Gasteiger charge is -1.89. The Hall–Kier alpha value is -2.44. The Balaban J connectivity index is 2.41. The van der Waals surface area contributed by atoms with Gasteiger partial charge in [-0.2, -0.15) is 5.10 Å². The predicted octanol–water partition coefficient (Wildman–Crippen LogP) is 0.620. The first-order valence-electron chi connectivity index (χ1n) is 5.01. The molecule has 0 bridgehead atoms. The second kappa shape index (κ2) is 3.27. The van der Waals surface area contributed by atoms with E-state index in [0.717, 1.165) is 0 Å². The third-order valence-electron chi connectivity index (χ3n) is 2.50. The minimum atomic E-state index is -0.237. The second-order valence-corrected chi connectivity index (χ2v) is 3.73. The van der Waals surface area contributed by atoms with Crippen LogP contribution in [-0.4, -0.2) is 24.9 Å². The van der Waals surface area contributed by atoms with E-state index in [1.165, 1.54) is 6.33 Å². The summed E-state index contributed by atoms with van der Waals surface area (Å²) >= 11 is 0. The second-order valence-electron chi connectivity index (χ2n) is 3.73. The van der Waals surface area contributed by atoms with E-state index in [9.17, 15) is 4.79 Å². The number of rotatable bonds is 1. The van der Waals surface area contributed by atoms with Crippen LogP contribution in [0.2, 0.25) is 0 Å². The maximum absolute atomic E-state index is 11.8. The summed E-state index contributed by atoms with van der Waals surface area (Å²) in [6.45, 7) is 1.78. The Morgan fingerprint density at radius 1 is 1.47 bits per heavy atom. The molecule has 0 aliphatic carbocycles. The van der Waals surface area contributed by atoms with Crippen LogP contribution in [0.25, 0.3) is 22.4 Å². The van der Waals surface area contributed by atoms with Gasteiger partial charge in [-0.15, -0.1) is 0 Å². The largest absolute Gasteiger partial charge is 0.361 e. The van der Waals surface area contributed by atoms with Gasteiger partial charge >= 0.3 is 0 Å². The van der Waals surface area contributed by atoms with Crippen LogP contribution in [0.15, 0.2) is 21.7 Å². The fourth-order valence-electron chi connectivity index (χ4n) is 1.75. The number of nitrogens with one attached hydrogen (secondary N) is 1. The normalized spacial score (nSPS) is 11.2. The van der Waals surface area contributed by atoms with Gasteiger partial charge in [0.2, 0.25) is 0 Å². The Morgan fingerprint density at radius 2 is 2.29 bits per heavy atom. The monoisotopic (exact) mass is 231 g/mol. The lowest BCUT2D eigenvalue weighted by atomic mass is 10.2. The maximum Gasteiger partial charge on any atom is 0.262 e. The number of aryl methyl sites for hydroxylation is 2. The highest BCUT2D eigenvalue weighted by Gasteiger charge is 2.17. The van der Waals surface area contributed by atoms with Crippen molar-refractivity contribution in [3.8, 4) is 11.4 Å². The highest BCUT2D eigenvalue weighted by Crippen LogP contribution is 2.22. The van der Waals surface area contributed by atoms with E-state index in [4.69, 9.17) is 4.52 Å². The molecule has 86 valence electrons. The van der Waals surface area contributed by atoms with Gasteiger partial charge in [0.25, 0.3) is 5.56 Å². The zero-order valence-electron chi connectivity index (χ0n) is 9.26. The van der Waals surface area contributed by atoms with Gasteiger partial charge in [0.1, 0.15) is 22.5 Å². The fourth-order valence-corrected chi connectivity index (χ4v) is 1.75. The van der Waals surface area contributed by atoms with E-state index in [1.807, 2.05) is 0 Å². The van der Waals surface area contributed by atoms with Crippen molar-refractivity contribution in [2.75, 3.05) is 0 Å². The van der Waals surface area contributed by atoms with Crippen molar-refractivity contribution in [2.24, 2.45) is 7.05 Å². The summed E-state index contributed by atoms with van der Waals surface area (Å²) in [4.78, 5) is 18.4. The molecule has 0 aliphatic rings. The average molecular weight is 231 g/mol. The van der Waals surface area contributed by atoms with E-state index < -0.39 is 0 Å². The molecule has 7 nitrogen and oxygen atoms in total. The zero-order chi connectivity index (χ0) is 12.0. The Kier molecular flexibility index (Phi) is 1.88. The summed E-state index contributed by atoms with van der Waals surface area (Å²) in [7, 11) is 1.73. The lowest BCUT2D eigenvalue weighted by molar-refractivity contribution is 0.399. The summed E-state index contributed by atoms with van der Waals surface area (Å²) in [5.41, 5.74) is 1.29. The number of aromatic nitrogens is 5. The van der Waals surface area contributed by atoms with Gasteiger partial charge in [0, 0.05) is 13.1 Å². The van der Waals surface area contributed by atoms with Crippen molar-refractivity contribution in [2.45, 2.75) is 6.92 Å². The molecule has 0 spiro atoms.